The number of H-pyrrole nitrogens is 1. The maximum atomic E-state index is 13.7. The molecule has 3 N–H and O–H groups in total. The van der Waals surface area contributed by atoms with E-state index in [4.69, 9.17) is 0 Å². The topological polar surface area (TPSA) is 91.8 Å². The average Bonchev–Trinajstić information content (AvgIpc) is 3.22. The Bertz CT molecular complexity index is 1390. The number of rotatable bonds is 4. The van der Waals surface area contributed by atoms with E-state index >= 15 is 0 Å². The number of anilines is 1. The fourth-order valence-corrected chi connectivity index (χ4v) is 3.51. The number of benzene rings is 2. The van der Waals surface area contributed by atoms with E-state index in [1.807, 2.05) is 0 Å². The number of hydrogen-bond donors (Lipinski definition) is 3. The van der Waals surface area contributed by atoms with E-state index in [0.717, 1.165) is 10.5 Å². The molecule has 0 spiro atoms. The summed E-state index contributed by atoms with van der Waals surface area (Å²) in [4.78, 5) is 30.4. The van der Waals surface area contributed by atoms with Gasteiger partial charge in [0.05, 0.1) is 22.3 Å². The van der Waals surface area contributed by atoms with Crippen molar-refractivity contribution >= 4 is 38.7 Å². The third-order valence-corrected chi connectivity index (χ3v) is 5.40. The van der Waals surface area contributed by atoms with Gasteiger partial charge in [0.15, 0.2) is 0 Å². The molecule has 0 aliphatic rings. The Morgan fingerprint density at radius 3 is 2.61 bits per heavy atom. The van der Waals surface area contributed by atoms with Gasteiger partial charge in [0.1, 0.15) is 5.69 Å². The van der Waals surface area contributed by atoms with Gasteiger partial charge in [-0.2, -0.15) is 13.2 Å². The molecule has 7 nitrogen and oxygen atoms in total. The van der Waals surface area contributed by atoms with Crippen LogP contribution in [-0.2, 0) is 12.7 Å². The van der Waals surface area contributed by atoms with E-state index in [-0.39, 0.29) is 29.0 Å². The monoisotopic (exact) mass is 519 g/mol. The summed E-state index contributed by atoms with van der Waals surface area (Å²) in [6.07, 6.45) is -1.69. The first-order valence-corrected chi connectivity index (χ1v) is 10.5. The van der Waals surface area contributed by atoms with Crippen molar-refractivity contribution in [2.45, 2.75) is 19.6 Å². The third-order valence-electron chi connectivity index (χ3n) is 4.87. The van der Waals surface area contributed by atoms with E-state index < -0.39 is 23.3 Å². The number of halogens is 4. The minimum Gasteiger partial charge on any atom is -0.334 e. The van der Waals surface area contributed by atoms with Gasteiger partial charge in [-0.05, 0) is 55.0 Å². The molecular weight excluding hydrogens is 503 g/mol. The lowest BCUT2D eigenvalue weighted by atomic mass is 10.1. The van der Waals surface area contributed by atoms with E-state index in [2.05, 4.69) is 36.5 Å². The van der Waals surface area contributed by atoms with Crippen molar-refractivity contribution in [2.24, 2.45) is 0 Å². The Kier molecular flexibility index (Phi) is 5.98. The molecule has 33 heavy (non-hydrogen) atoms. The molecule has 0 aliphatic heterocycles. The Morgan fingerprint density at radius 2 is 1.91 bits per heavy atom. The van der Waals surface area contributed by atoms with Crippen LogP contribution in [0.15, 0.2) is 64.1 Å². The number of nitrogens with one attached hydrogen (secondary N) is 3. The van der Waals surface area contributed by atoms with Gasteiger partial charge in [-0.15, -0.1) is 0 Å². The van der Waals surface area contributed by atoms with E-state index in [9.17, 15) is 22.8 Å². The van der Waals surface area contributed by atoms with Crippen LogP contribution in [0.2, 0.25) is 0 Å². The van der Waals surface area contributed by atoms with Crippen molar-refractivity contribution in [2.75, 3.05) is 5.32 Å². The Balaban J connectivity index is 1.57. The number of aryl methyl sites for hydroxylation is 1. The van der Waals surface area contributed by atoms with Crippen LogP contribution in [0.4, 0.5) is 23.7 Å². The van der Waals surface area contributed by atoms with Gasteiger partial charge in [-0.3, -0.25) is 4.79 Å². The van der Waals surface area contributed by atoms with Gasteiger partial charge >= 0.3 is 12.2 Å². The molecule has 0 fully saturated rings. The molecule has 11 heteroatoms. The first-order chi connectivity index (χ1) is 15.6. The van der Waals surface area contributed by atoms with E-state index in [1.54, 1.807) is 30.3 Å². The fourth-order valence-electron chi connectivity index (χ4n) is 3.24. The van der Waals surface area contributed by atoms with Crippen LogP contribution in [0.3, 0.4) is 0 Å². The summed E-state index contributed by atoms with van der Waals surface area (Å²) < 4.78 is 43.4. The van der Waals surface area contributed by atoms with Crippen LogP contribution in [0.5, 0.6) is 0 Å². The summed E-state index contributed by atoms with van der Waals surface area (Å²) in [5.41, 5.74) is -0.0158. The number of urea groups is 1. The maximum absolute atomic E-state index is 13.7. The van der Waals surface area contributed by atoms with E-state index in [0.29, 0.717) is 11.3 Å². The van der Waals surface area contributed by atoms with E-state index in [1.165, 1.54) is 30.0 Å². The van der Waals surface area contributed by atoms with Crippen molar-refractivity contribution in [1.29, 1.82) is 0 Å². The highest BCUT2D eigenvalue weighted by Crippen LogP contribution is 2.36. The molecule has 2 aromatic carbocycles. The van der Waals surface area contributed by atoms with Gasteiger partial charge < -0.3 is 20.2 Å². The molecule has 0 unspecified atom stereocenters. The first kappa shape index (κ1) is 22.6. The summed E-state index contributed by atoms with van der Waals surface area (Å²) in [7, 11) is 0. The van der Waals surface area contributed by atoms with Gasteiger partial charge in [0.2, 0.25) is 0 Å². The van der Waals surface area contributed by atoms with Crippen LogP contribution in [0.1, 0.15) is 16.8 Å². The Hall–Kier alpha value is -3.60. The highest BCUT2D eigenvalue weighted by Gasteiger charge is 2.34. The number of fused-ring (bicyclic) bond motifs is 1. The summed E-state index contributed by atoms with van der Waals surface area (Å²) in [5, 5.41) is 5.34. The molecule has 0 radical (unpaired) electrons. The highest BCUT2D eigenvalue weighted by molar-refractivity contribution is 9.10. The van der Waals surface area contributed by atoms with Gasteiger partial charge in [-0.25, -0.2) is 9.78 Å². The van der Waals surface area contributed by atoms with Crippen molar-refractivity contribution in [3.8, 4) is 5.69 Å². The molecule has 0 atom stereocenters. The van der Waals surface area contributed by atoms with Crippen molar-refractivity contribution in [1.82, 2.24) is 19.9 Å². The summed E-state index contributed by atoms with van der Waals surface area (Å²) >= 11 is 3.31. The van der Waals surface area contributed by atoms with Crippen LogP contribution in [0, 0.1) is 6.92 Å². The molecule has 4 aromatic rings. The standard InChI is InChI=1S/C22H17BrF3N5O2/c1-12-20(32)30-17-8-16(22(24,25)26)19(9-18(17)28-12)31-7-6-13(11-31)10-27-21(33)29-15-4-2-14(23)3-5-15/h2-9,11H,10H2,1H3,(H,30,32)(H2,27,29,33). The second kappa shape index (κ2) is 8.74. The molecule has 170 valence electrons. The first-order valence-electron chi connectivity index (χ1n) is 9.70. The lowest BCUT2D eigenvalue weighted by Gasteiger charge is -2.15. The second-order valence-electron chi connectivity index (χ2n) is 7.28. The van der Waals surface area contributed by atoms with Crippen LogP contribution >= 0.6 is 15.9 Å². The normalized spacial score (nSPS) is 11.5. The average molecular weight is 520 g/mol. The van der Waals surface area contributed by atoms with Gasteiger partial charge in [0.25, 0.3) is 5.56 Å². The molecule has 0 bridgehead atoms. The van der Waals surface area contributed by atoms with Crippen LogP contribution < -0.4 is 16.2 Å². The number of carbonyl (C=O) groups is 1. The number of carbonyl (C=O) groups excluding carboxylic acids is 1. The zero-order chi connectivity index (χ0) is 23.8. The van der Waals surface area contributed by atoms with Crippen LogP contribution in [0.25, 0.3) is 16.7 Å². The van der Waals surface area contributed by atoms with Gasteiger partial charge in [0, 0.05) is 29.1 Å². The third kappa shape index (κ3) is 5.08. The number of nitrogens with zero attached hydrogens (tertiary/aromatic N) is 2. The number of alkyl halides is 3. The highest BCUT2D eigenvalue weighted by atomic mass is 79.9. The number of aromatic nitrogens is 3. The molecule has 0 saturated heterocycles. The lowest BCUT2D eigenvalue weighted by Crippen LogP contribution is -2.28. The SMILES string of the molecule is Cc1nc2cc(-n3ccc(CNC(=O)Nc4ccc(Br)cc4)c3)c(C(F)(F)F)cc2[nH]c1=O. The molecule has 0 saturated carbocycles. The van der Waals surface area contributed by atoms with Crippen molar-refractivity contribution in [3.63, 3.8) is 0 Å². The van der Waals surface area contributed by atoms with Gasteiger partial charge in [-0.1, -0.05) is 15.9 Å². The number of aromatic amines is 1. The summed E-state index contributed by atoms with van der Waals surface area (Å²) in [5.74, 6) is 0. The summed E-state index contributed by atoms with van der Waals surface area (Å²) in [6.45, 7) is 1.59. The minimum absolute atomic E-state index is 0.000309. The van der Waals surface area contributed by atoms with Crippen molar-refractivity contribution in [3.05, 3.63) is 86.5 Å². The zero-order valence-electron chi connectivity index (χ0n) is 17.1. The zero-order valence-corrected chi connectivity index (χ0v) is 18.7. The largest absolute Gasteiger partial charge is 0.418 e. The predicted molar refractivity (Wildman–Crippen MR) is 121 cm³/mol. The Labute approximate surface area is 193 Å². The Morgan fingerprint density at radius 1 is 1.18 bits per heavy atom. The molecule has 4 rings (SSSR count). The quantitative estimate of drug-likeness (QED) is 0.349. The molecule has 2 aromatic heterocycles. The molecule has 0 aliphatic carbocycles. The number of hydrogen-bond acceptors (Lipinski definition) is 3. The maximum Gasteiger partial charge on any atom is 0.418 e. The second-order valence-corrected chi connectivity index (χ2v) is 8.19. The van der Waals surface area contributed by atoms with Crippen LogP contribution in [-0.4, -0.2) is 20.6 Å². The molecule has 2 heterocycles. The predicted octanol–water partition coefficient (Wildman–Crippen LogP) is 5.13. The van der Waals surface area contributed by atoms with Crippen molar-refractivity contribution < 1.29 is 18.0 Å². The fraction of sp³-hybridized carbons (Fsp3) is 0.136. The summed E-state index contributed by atoms with van der Waals surface area (Å²) in [6, 6.07) is 10.3. The lowest BCUT2D eigenvalue weighted by molar-refractivity contribution is -0.137. The number of amides is 2. The molecule has 2 amide bonds. The minimum atomic E-state index is -4.65. The molecular formula is C22H17BrF3N5O2. The smallest absolute Gasteiger partial charge is 0.334 e.